The van der Waals surface area contributed by atoms with Crippen molar-refractivity contribution in [3.8, 4) is 17.0 Å². The van der Waals surface area contributed by atoms with Gasteiger partial charge in [-0.2, -0.15) is 0 Å². The second kappa shape index (κ2) is 12.8. The molecule has 2 saturated heterocycles. The number of nitrogens with one attached hydrogen (secondary N) is 1. The summed E-state index contributed by atoms with van der Waals surface area (Å²) in [7, 11) is 1.46. The number of likely N-dealkylation sites (tertiary alicyclic amines) is 1. The average molecular weight is 646 g/mol. The number of nitrogen functional groups attached to an aromatic ring is 1. The predicted octanol–water partition coefficient (Wildman–Crippen LogP) is 4.28. The Bertz CT molecular complexity index is 1920. The number of hydrogen-bond donors (Lipinski definition) is 3. The molecule has 48 heavy (non-hydrogen) atoms. The van der Waals surface area contributed by atoms with Gasteiger partial charge in [-0.15, -0.1) is 0 Å². The van der Waals surface area contributed by atoms with Crippen molar-refractivity contribution < 1.29 is 4.74 Å². The molecule has 0 aliphatic carbocycles. The van der Waals surface area contributed by atoms with E-state index in [4.69, 9.17) is 21.2 Å². The van der Waals surface area contributed by atoms with Gasteiger partial charge in [0.05, 0.1) is 24.5 Å². The summed E-state index contributed by atoms with van der Waals surface area (Å²) in [5.41, 5.74) is 18.5. The number of methoxy groups -OCH3 is 1. The second-order valence-corrected chi connectivity index (χ2v) is 13.3. The van der Waals surface area contributed by atoms with Crippen LogP contribution >= 0.6 is 0 Å². The Morgan fingerprint density at radius 2 is 1.69 bits per heavy atom. The molecule has 3 aliphatic rings. The van der Waals surface area contributed by atoms with Crippen LogP contribution in [0.5, 0.6) is 5.75 Å². The lowest BCUT2D eigenvalue weighted by Gasteiger charge is -2.40. The Morgan fingerprint density at radius 3 is 2.40 bits per heavy atom. The van der Waals surface area contributed by atoms with Gasteiger partial charge in [0, 0.05) is 49.5 Å². The molecule has 4 aromatic rings. The van der Waals surface area contributed by atoms with Gasteiger partial charge in [-0.3, -0.25) is 14.5 Å². The highest BCUT2D eigenvalue weighted by Gasteiger charge is 2.42. The summed E-state index contributed by atoms with van der Waals surface area (Å²) in [6.07, 6.45) is 7.29. The van der Waals surface area contributed by atoms with E-state index >= 15 is 0 Å². The molecule has 3 aliphatic heterocycles. The first kappa shape index (κ1) is 31.5. The number of nitrogens with two attached hydrogens (primary N) is 2. The van der Waals surface area contributed by atoms with Crippen LogP contribution in [0.4, 0.5) is 22.9 Å². The van der Waals surface area contributed by atoms with Crippen LogP contribution in [-0.2, 0) is 6.54 Å². The van der Waals surface area contributed by atoms with Gasteiger partial charge in [0.25, 0.3) is 10.9 Å². The molecule has 10 nitrogen and oxygen atoms in total. The number of piperidine rings is 1. The highest BCUT2D eigenvalue weighted by Crippen LogP contribution is 2.42. The molecule has 0 radical (unpaired) electrons. The van der Waals surface area contributed by atoms with E-state index in [1.165, 1.54) is 12.7 Å². The molecule has 4 heterocycles. The molecule has 0 amide bonds. The Balaban J connectivity index is 1.09. The minimum absolute atomic E-state index is 0.144. The molecule has 0 bridgehead atoms. The standard InChI is InChI=1S/C38H43N7O3/c1-25(29-9-6-19-41-36(29)40)45(37-30(39)14-15-31(42-37)27-7-4-3-5-8-27)28-12-10-26(11-13-28)23-43-20-16-38(24-43)17-21-44(22-18-38)32-33(46)34(47)35(32)48-2/h3-15,25,41H,16-24,39-40H2,1-2H3. The number of benzene rings is 2. The van der Waals surface area contributed by atoms with Crippen molar-refractivity contribution in [1.82, 2.24) is 15.2 Å². The van der Waals surface area contributed by atoms with Gasteiger partial charge < -0.3 is 31.3 Å². The van der Waals surface area contributed by atoms with Crippen LogP contribution in [0.2, 0.25) is 0 Å². The van der Waals surface area contributed by atoms with Crippen LogP contribution in [0.1, 0.15) is 31.7 Å². The van der Waals surface area contributed by atoms with Crippen LogP contribution < -0.4 is 42.2 Å². The zero-order chi connectivity index (χ0) is 33.4. The minimum Gasteiger partial charge on any atom is -0.491 e. The van der Waals surface area contributed by atoms with Crippen molar-refractivity contribution in [2.24, 2.45) is 11.1 Å². The van der Waals surface area contributed by atoms with Crippen LogP contribution in [0.25, 0.3) is 11.3 Å². The smallest absolute Gasteiger partial charge is 0.272 e. The maximum absolute atomic E-state index is 12.2. The average Bonchev–Trinajstić information content (AvgIpc) is 3.50. The topological polar surface area (TPSA) is 130 Å². The molecular weight excluding hydrogens is 602 g/mol. The Morgan fingerprint density at radius 1 is 0.958 bits per heavy atom. The first-order valence-electron chi connectivity index (χ1n) is 16.7. The van der Waals surface area contributed by atoms with Crippen molar-refractivity contribution in [1.29, 1.82) is 0 Å². The van der Waals surface area contributed by atoms with E-state index in [1.54, 1.807) is 0 Å². The Hall–Kier alpha value is -5.09. The van der Waals surface area contributed by atoms with Crippen LogP contribution in [0.15, 0.2) is 99.9 Å². The summed E-state index contributed by atoms with van der Waals surface area (Å²) in [6.45, 7) is 7.29. The molecule has 10 heteroatoms. The van der Waals surface area contributed by atoms with Gasteiger partial charge in [0.2, 0.25) is 0 Å². The number of aromatic nitrogens is 1. The zero-order valence-electron chi connectivity index (χ0n) is 27.6. The molecular formula is C38H43N7O3. The maximum atomic E-state index is 12.2. The fourth-order valence-electron chi connectivity index (χ4n) is 7.63. The van der Waals surface area contributed by atoms with Crippen LogP contribution in [0.3, 0.4) is 0 Å². The molecule has 1 atom stereocenters. The van der Waals surface area contributed by atoms with Crippen molar-refractivity contribution in [2.45, 2.75) is 38.8 Å². The third kappa shape index (κ3) is 5.81. The van der Waals surface area contributed by atoms with Gasteiger partial charge >= 0.3 is 0 Å². The summed E-state index contributed by atoms with van der Waals surface area (Å²) in [5, 5.41) is 3.27. The van der Waals surface area contributed by atoms with Crippen molar-refractivity contribution >= 4 is 22.9 Å². The lowest BCUT2D eigenvalue weighted by molar-refractivity contribution is 0.205. The first-order valence-corrected chi connectivity index (χ1v) is 16.7. The molecule has 0 saturated carbocycles. The second-order valence-electron chi connectivity index (χ2n) is 13.3. The first-order chi connectivity index (χ1) is 23.3. The molecule has 1 aromatic heterocycles. The lowest BCUT2D eigenvalue weighted by atomic mass is 9.77. The number of ether oxygens (including phenoxy) is 1. The largest absolute Gasteiger partial charge is 0.491 e. The zero-order valence-corrected chi connectivity index (χ0v) is 27.6. The lowest BCUT2D eigenvalue weighted by Crippen LogP contribution is -2.47. The van der Waals surface area contributed by atoms with Gasteiger partial charge in [0.1, 0.15) is 11.5 Å². The molecule has 248 valence electrons. The quantitative estimate of drug-likeness (QED) is 0.227. The molecule has 5 N–H and O–H groups in total. The number of anilines is 4. The monoisotopic (exact) mass is 645 g/mol. The predicted molar refractivity (Wildman–Crippen MR) is 192 cm³/mol. The van der Waals surface area contributed by atoms with E-state index in [2.05, 4.69) is 70.6 Å². The SMILES string of the molecule is COc1c(N2CCC3(CCN(Cc4ccc(N(c5nc(-c6ccccc6)ccc5N)C(C)C5=C(N)NCC=C5)cc4)C3)CC2)c(=O)c1=O. The highest BCUT2D eigenvalue weighted by atomic mass is 16.5. The van der Waals surface area contributed by atoms with Gasteiger partial charge in [0.15, 0.2) is 11.6 Å². The highest BCUT2D eigenvalue weighted by molar-refractivity contribution is 5.76. The number of pyridine rings is 1. The van der Waals surface area contributed by atoms with E-state index in [0.29, 0.717) is 29.6 Å². The summed E-state index contributed by atoms with van der Waals surface area (Å²) in [4.78, 5) is 35.9. The summed E-state index contributed by atoms with van der Waals surface area (Å²) >= 11 is 0. The maximum Gasteiger partial charge on any atom is 0.272 e. The number of nitrogens with zero attached hydrogens (tertiary/aromatic N) is 4. The molecule has 1 spiro atoms. The van der Waals surface area contributed by atoms with Crippen LogP contribution in [-0.4, -0.2) is 55.8 Å². The number of dihydropyridines is 1. The van der Waals surface area contributed by atoms with Gasteiger partial charge in [-0.1, -0.05) is 54.6 Å². The number of rotatable bonds is 9. The molecule has 7 rings (SSSR count). The van der Waals surface area contributed by atoms with Crippen molar-refractivity contribution in [3.05, 3.63) is 116 Å². The summed E-state index contributed by atoms with van der Waals surface area (Å²) in [6, 6.07) is 22.6. The Labute approximate surface area is 281 Å². The van der Waals surface area contributed by atoms with E-state index in [1.807, 2.05) is 35.2 Å². The van der Waals surface area contributed by atoms with Crippen molar-refractivity contribution in [3.63, 3.8) is 0 Å². The Kier molecular flexibility index (Phi) is 8.43. The van der Waals surface area contributed by atoms with Gasteiger partial charge in [-0.25, -0.2) is 4.98 Å². The molecule has 3 aromatic carbocycles. The third-order valence-electron chi connectivity index (χ3n) is 10.4. The van der Waals surface area contributed by atoms with E-state index in [9.17, 15) is 9.59 Å². The van der Waals surface area contributed by atoms with E-state index in [0.717, 1.165) is 74.5 Å². The van der Waals surface area contributed by atoms with E-state index < -0.39 is 10.9 Å². The minimum atomic E-state index is -0.507. The van der Waals surface area contributed by atoms with Crippen LogP contribution in [0, 0.1) is 5.41 Å². The van der Waals surface area contributed by atoms with Gasteiger partial charge in [-0.05, 0) is 68.0 Å². The van der Waals surface area contributed by atoms with Crippen molar-refractivity contribution in [2.75, 3.05) is 55.4 Å². The molecule has 1 unspecified atom stereocenters. The third-order valence-corrected chi connectivity index (χ3v) is 10.4. The van der Waals surface area contributed by atoms with E-state index in [-0.39, 0.29) is 17.2 Å². The summed E-state index contributed by atoms with van der Waals surface area (Å²) in [5.74, 6) is 1.56. The fourth-order valence-corrected chi connectivity index (χ4v) is 7.63. The molecule has 2 fully saturated rings. The summed E-state index contributed by atoms with van der Waals surface area (Å²) < 4.78 is 5.19. The normalized spacial score (nSPS) is 18.3. The number of hydrogen-bond acceptors (Lipinski definition) is 10. The fraction of sp³-hybridized carbons (Fsp3) is 0.342.